The van der Waals surface area contributed by atoms with Crippen molar-refractivity contribution in [2.45, 2.75) is 19.3 Å². The zero-order chi connectivity index (χ0) is 24.7. The Bertz CT molecular complexity index is 1030. The first kappa shape index (κ1) is 28.3. The first-order valence-electron chi connectivity index (χ1n) is 11.4. The Balaban J connectivity index is 0.00000432. The monoisotopic (exact) mass is 506 g/mol. The molecule has 35 heavy (non-hydrogen) atoms. The van der Waals surface area contributed by atoms with Gasteiger partial charge in [0.25, 0.3) is 11.7 Å². The van der Waals surface area contributed by atoms with Crippen LogP contribution in [0, 0.1) is 0 Å². The van der Waals surface area contributed by atoms with E-state index < -0.39 is 11.7 Å². The molecule has 0 spiro atoms. The van der Waals surface area contributed by atoms with Gasteiger partial charge in [-0.1, -0.05) is 6.07 Å². The topological polar surface area (TPSA) is 77.5 Å². The van der Waals surface area contributed by atoms with Crippen molar-refractivity contribution in [3.63, 3.8) is 0 Å². The highest BCUT2D eigenvalue weighted by molar-refractivity contribution is 6.43. The van der Waals surface area contributed by atoms with Crippen LogP contribution in [0.5, 0.6) is 23.0 Å². The highest BCUT2D eigenvalue weighted by atomic mass is 35.5. The summed E-state index contributed by atoms with van der Waals surface area (Å²) in [4.78, 5) is 29.6. The second-order valence-corrected chi connectivity index (χ2v) is 8.33. The molecule has 1 aliphatic rings. The van der Waals surface area contributed by atoms with Crippen LogP contribution in [0.3, 0.4) is 0 Å². The van der Waals surface area contributed by atoms with Crippen molar-refractivity contribution in [2.24, 2.45) is 0 Å². The molecule has 0 saturated heterocycles. The van der Waals surface area contributed by atoms with Crippen LogP contribution in [-0.2, 0) is 17.6 Å². The summed E-state index contributed by atoms with van der Waals surface area (Å²) in [7, 11) is 8.39. The van der Waals surface area contributed by atoms with Gasteiger partial charge in [0, 0.05) is 25.2 Å². The lowest BCUT2D eigenvalue weighted by atomic mass is 10.0. The number of rotatable bonds is 11. The summed E-state index contributed by atoms with van der Waals surface area (Å²) in [6, 6.07) is 9.36. The normalized spacial score (nSPS) is 13.1. The molecule has 1 amide bonds. The lowest BCUT2D eigenvalue weighted by Crippen LogP contribution is -2.38. The first-order chi connectivity index (χ1) is 16.4. The second-order valence-electron chi connectivity index (χ2n) is 8.33. The summed E-state index contributed by atoms with van der Waals surface area (Å²) in [6.45, 7) is 2.73. The lowest BCUT2D eigenvalue weighted by molar-refractivity contribution is -0.126. The van der Waals surface area contributed by atoms with Crippen LogP contribution in [0.1, 0.15) is 27.9 Å². The van der Waals surface area contributed by atoms with Crippen LogP contribution in [0.4, 0.5) is 0 Å². The third-order valence-electron chi connectivity index (χ3n) is 6.18. The number of ether oxygens (including phenoxy) is 4. The molecule has 1 aliphatic heterocycles. The Kier molecular flexibility index (Phi) is 10.7. The Morgan fingerprint density at radius 3 is 2.14 bits per heavy atom. The smallest absolute Gasteiger partial charge is 0.294 e. The van der Waals surface area contributed by atoms with Crippen LogP contribution >= 0.6 is 12.4 Å². The van der Waals surface area contributed by atoms with E-state index >= 15 is 0 Å². The Labute approximate surface area is 213 Å². The number of ketones is 1. The number of carbonyl (C=O) groups excluding carboxylic acids is 2. The van der Waals surface area contributed by atoms with Crippen molar-refractivity contribution < 1.29 is 28.5 Å². The third kappa shape index (κ3) is 6.80. The minimum atomic E-state index is -0.490. The van der Waals surface area contributed by atoms with Crippen LogP contribution in [-0.4, -0.2) is 83.2 Å². The average Bonchev–Trinajstić information content (AvgIpc) is 2.98. The van der Waals surface area contributed by atoms with Crippen LogP contribution < -0.4 is 18.9 Å². The predicted molar refractivity (Wildman–Crippen MR) is 137 cm³/mol. The number of hydrogen-bond acceptors (Lipinski definition) is 7. The number of benzene rings is 2. The van der Waals surface area contributed by atoms with Gasteiger partial charge < -0.3 is 28.7 Å². The van der Waals surface area contributed by atoms with Gasteiger partial charge in [-0.25, -0.2) is 0 Å². The van der Waals surface area contributed by atoms with Crippen LogP contribution in [0.15, 0.2) is 30.3 Å². The quantitative estimate of drug-likeness (QED) is 0.433. The van der Waals surface area contributed by atoms with Crippen LogP contribution in [0.25, 0.3) is 0 Å². The van der Waals surface area contributed by atoms with E-state index in [0.29, 0.717) is 36.6 Å². The molecule has 0 N–H and O–H groups in total. The number of Topliss-reactive ketones (excluding diaryl/α,β-unsaturated/α-hetero) is 1. The highest BCUT2D eigenvalue weighted by Crippen LogP contribution is 2.32. The van der Waals surface area contributed by atoms with Gasteiger partial charge in [0.15, 0.2) is 23.0 Å². The van der Waals surface area contributed by atoms with Crippen LogP contribution in [0.2, 0.25) is 0 Å². The van der Waals surface area contributed by atoms with E-state index in [1.807, 2.05) is 18.2 Å². The molecule has 0 fully saturated rings. The molecule has 0 radical (unpaired) electrons. The summed E-state index contributed by atoms with van der Waals surface area (Å²) in [5, 5.41) is 0. The van der Waals surface area contributed by atoms with Gasteiger partial charge in [0.1, 0.15) is 0 Å². The van der Waals surface area contributed by atoms with Gasteiger partial charge in [-0.3, -0.25) is 9.59 Å². The Morgan fingerprint density at radius 2 is 1.49 bits per heavy atom. The molecule has 0 atom stereocenters. The molecular weight excluding hydrogens is 472 g/mol. The number of halogens is 1. The Morgan fingerprint density at radius 1 is 0.857 bits per heavy atom. The number of amides is 1. The number of nitrogens with zero attached hydrogens (tertiary/aromatic N) is 2. The summed E-state index contributed by atoms with van der Waals surface area (Å²) in [5.74, 6) is 1.51. The van der Waals surface area contributed by atoms with Gasteiger partial charge in [0.2, 0.25) is 0 Å². The van der Waals surface area contributed by atoms with Crippen molar-refractivity contribution in [1.29, 1.82) is 0 Å². The van der Waals surface area contributed by atoms with E-state index in [2.05, 4.69) is 11.9 Å². The molecule has 0 unspecified atom stereocenters. The molecule has 2 aromatic rings. The summed E-state index contributed by atoms with van der Waals surface area (Å²) in [5.41, 5.74) is 2.38. The van der Waals surface area contributed by atoms with Gasteiger partial charge in [-0.05, 0) is 68.2 Å². The molecule has 3 rings (SSSR count). The molecule has 1 heterocycles. The zero-order valence-electron chi connectivity index (χ0n) is 21.1. The SMILES string of the molecule is COc1ccc(CCN(C)CCCN2CCc3cc(OC)c(OC)cc3C(=O)C2=O)cc1OC.Cl. The highest BCUT2D eigenvalue weighted by Gasteiger charge is 2.30. The fourth-order valence-electron chi connectivity index (χ4n) is 4.17. The van der Waals surface area contributed by atoms with Crippen molar-refractivity contribution in [2.75, 3.05) is 61.7 Å². The fraction of sp³-hybridized carbons (Fsp3) is 0.462. The predicted octanol–water partition coefficient (Wildman–Crippen LogP) is 3.27. The van der Waals surface area contributed by atoms with Gasteiger partial charge >= 0.3 is 0 Å². The number of methoxy groups -OCH3 is 4. The number of fused-ring (bicyclic) bond motifs is 1. The fourth-order valence-corrected chi connectivity index (χ4v) is 4.17. The summed E-state index contributed by atoms with van der Waals surface area (Å²) >= 11 is 0. The molecule has 0 aliphatic carbocycles. The Hall–Kier alpha value is -2.97. The second kappa shape index (κ2) is 13.2. The number of likely N-dealkylation sites (N-methyl/N-ethyl adjacent to an activating group) is 1. The zero-order valence-corrected chi connectivity index (χ0v) is 21.9. The molecule has 0 saturated carbocycles. The van der Waals surface area contributed by atoms with E-state index in [1.165, 1.54) is 12.7 Å². The maximum absolute atomic E-state index is 12.9. The third-order valence-corrected chi connectivity index (χ3v) is 6.18. The maximum atomic E-state index is 12.9. The van der Waals surface area contributed by atoms with E-state index in [9.17, 15) is 9.59 Å². The van der Waals surface area contributed by atoms with Gasteiger partial charge in [-0.2, -0.15) is 0 Å². The largest absolute Gasteiger partial charge is 0.493 e. The molecule has 0 bridgehead atoms. The molecule has 8 nitrogen and oxygen atoms in total. The molecule has 9 heteroatoms. The van der Waals surface area contributed by atoms with Gasteiger partial charge in [-0.15, -0.1) is 12.4 Å². The minimum Gasteiger partial charge on any atom is -0.493 e. The standard InChI is InChI=1S/C26H34N2O6.ClH/c1-27(13-9-18-7-8-21(31-2)22(15-18)32-3)11-6-12-28-14-10-19-16-23(33-4)24(34-5)17-20(19)25(29)26(28)30;/h7-8,15-17H,6,9-14H2,1-5H3;1H. The van der Waals surface area contributed by atoms with E-state index in [-0.39, 0.29) is 12.4 Å². The van der Waals surface area contributed by atoms with Crippen molar-refractivity contribution in [3.05, 3.63) is 47.0 Å². The molecule has 192 valence electrons. The van der Waals surface area contributed by atoms with Crippen molar-refractivity contribution in [3.8, 4) is 23.0 Å². The van der Waals surface area contributed by atoms with Crippen molar-refractivity contribution >= 4 is 24.1 Å². The van der Waals surface area contributed by atoms with Crippen molar-refractivity contribution in [1.82, 2.24) is 9.80 Å². The summed E-state index contributed by atoms with van der Waals surface area (Å²) < 4.78 is 21.3. The minimum absolute atomic E-state index is 0. The summed E-state index contributed by atoms with van der Waals surface area (Å²) in [6.07, 6.45) is 2.25. The number of hydrogen-bond donors (Lipinski definition) is 0. The van der Waals surface area contributed by atoms with E-state index in [4.69, 9.17) is 18.9 Å². The molecule has 0 aromatic heterocycles. The van der Waals surface area contributed by atoms with Gasteiger partial charge in [0.05, 0.1) is 28.4 Å². The van der Waals surface area contributed by atoms with E-state index in [0.717, 1.165) is 43.0 Å². The lowest BCUT2D eigenvalue weighted by Gasteiger charge is -2.22. The maximum Gasteiger partial charge on any atom is 0.294 e. The van der Waals surface area contributed by atoms with E-state index in [1.54, 1.807) is 38.4 Å². The first-order valence-corrected chi connectivity index (χ1v) is 11.4. The average molecular weight is 507 g/mol. The molecular formula is C26H35ClN2O6. The molecule has 2 aromatic carbocycles. The number of carbonyl (C=O) groups is 2.